The fourth-order valence-electron chi connectivity index (χ4n) is 11.9. The number of oxazole rings is 2. The van der Waals surface area contributed by atoms with E-state index in [0.717, 1.165) is 78.2 Å². The Kier molecular flexibility index (Phi) is 42.3. The monoisotopic (exact) mass is 2080 g/mol. The van der Waals surface area contributed by atoms with E-state index in [1.165, 1.54) is 79.0 Å². The molecular weight excluding hydrogens is 1990 g/mol. The van der Waals surface area contributed by atoms with E-state index >= 15 is 0 Å². The summed E-state index contributed by atoms with van der Waals surface area (Å²) in [5.74, 6) is -2.12. The predicted molar refractivity (Wildman–Crippen MR) is 499 cm³/mol. The maximum atomic E-state index is 12.5. The van der Waals surface area contributed by atoms with Crippen molar-refractivity contribution in [2.45, 2.75) is 86.2 Å². The molecule has 56 heteroatoms. The summed E-state index contributed by atoms with van der Waals surface area (Å²) in [6, 6.07) is 36.2. The number of rotatable bonds is 31. The number of ether oxygens (including phenoxy) is 2. The molecule has 752 valence electrons. The van der Waals surface area contributed by atoms with Crippen LogP contribution in [-0.2, 0) is 117 Å². The van der Waals surface area contributed by atoms with Gasteiger partial charge in [-0.2, -0.15) is 38.7 Å². The molecule has 0 aliphatic carbocycles. The van der Waals surface area contributed by atoms with Crippen LogP contribution in [0.15, 0.2) is 154 Å². The third-order valence-electron chi connectivity index (χ3n) is 18.4. The number of aromatic nitrogens is 8. The van der Waals surface area contributed by atoms with Crippen molar-refractivity contribution in [3.05, 3.63) is 204 Å². The molecule has 0 unspecified atom stereocenters. The number of nitro groups is 2. The van der Waals surface area contributed by atoms with Crippen LogP contribution in [0.5, 0.6) is 11.5 Å². The van der Waals surface area contributed by atoms with Crippen molar-refractivity contribution in [1.82, 2.24) is 38.6 Å². The average Bonchev–Trinajstić information content (AvgIpc) is 1.63. The Morgan fingerprint density at radius 3 is 1.14 bits per heavy atom. The number of halogens is 7. The van der Waals surface area contributed by atoms with Crippen LogP contribution in [0.25, 0.3) is 55.3 Å². The number of aromatic carboxylic acids is 1. The molecule has 0 radical (unpaired) electrons. The molecule has 0 saturated carbocycles. The quantitative estimate of drug-likeness (QED) is 0.00697. The Balaban J connectivity index is 0.000000301. The lowest BCUT2D eigenvalue weighted by Crippen LogP contribution is -2.16. The minimum atomic E-state index is -4.87. The first kappa shape index (κ1) is 115. The lowest BCUT2D eigenvalue weighted by Gasteiger charge is -2.09. The Morgan fingerprint density at radius 1 is 0.450 bits per heavy atom. The van der Waals surface area contributed by atoms with Crippen molar-refractivity contribution in [1.29, 1.82) is 0 Å². The second-order valence-electron chi connectivity index (χ2n) is 29.4. The van der Waals surface area contributed by atoms with E-state index in [1.54, 1.807) is 69.8 Å². The van der Waals surface area contributed by atoms with E-state index in [-0.39, 0.29) is 165 Å². The average molecular weight is 2080 g/mol. The fourth-order valence-corrected chi connectivity index (χ4v) is 14.6. The van der Waals surface area contributed by atoms with Crippen LogP contribution in [-0.4, -0.2) is 218 Å². The first-order valence-corrected chi connectivity index (χ1v) is 50.7. The number of nitrogen functional groups attached to an aromatic ring is 2. The SMILES string of the molecule is CC(=O)c1ccc2c(c1)nc(N)n2CCS(C)(=O)=O.CC(=O)c1ccc2c(c1)nc(Nc1nc3ccc(OC(F)(F)F)cc3o1)n2CCS(C)(=O)=O.CCc1ccc(Cl)c([N+](=O)[O-])c1.CCc1ccc(NCCS(C)(=O)=O)c(N)c1.CCc1ccc(NCCS(C)(=O)=O)c([N+](=O)[O-])c1.CS(=O)(=O)CCn1c(Nc2nc3ccc(OC(F)(F)F)cc3o2)nc2cc(C(=O)O)ccc21.O=C=O.O=C=O.O=C=O. The number of nitro benzene ring substituents is 2. The summed E-state index contributed by atoms with van der Waals surface area (Å²) in [7, 11) is -15.7. The van der Waals surface area contributed by atoms with E-state index in [4.69, 9.17) is 60.7 Å². The molecule has 0 amide bonds. The molecule has 5 aromatic heterocycles. The summed E-state index contributed by atoms with van der Waals surface area (Å²) < 4.78 is 211. The number of carbonyl (C=O) groups excluding carboxylic acids is 8. The third kappa shape index (κ3) is 38.8. The van der Waals surface area contributed by atoms with Gasteiger partial charge in [-0.3, -0.25) is 40.5 Å². The summed E-state index contributed by atoms with van der Waals surface area (Å²) in [5.41, 5.74) is 20.9. The number of alkyl halides is 6. The summed E-state index contributed by atoms with van der Waals surface area (Å²) in [6.45, 7) is 9.64. The Labute approximate surface area is 797 Å². The van der Waals surface area contributed by atoms with Gasteiger partial charge in [0.15, 0.2) is 22.7 Å². The van der Waals surface area contributed by atoms with Crippen molar-refractivity contribution in [2.75, 3.05) is 106 Å². The summed E-state index contributed by atoms with van der Waals surface area (Å²) in [5, 5.41) is 42.1. The van der Waals surface area contributed by atoms with E-state index in [9.17, 15) is 108 Å². The number of ketones is 2. The lowest BCUT2D eigenvalue weighted by atomic mass is 10.1. The molecule has 0 spiro atoms. The number of nitrogens with one attached hydrogen (secondary N) is 4. The van der Waals surface area contributed by atoms with Gasteiger partial charge in [0.25, 0.3) is 11.4 Å². The van der Waals surface area contributed by atoms with Gasteiger partial charge in [0.1, 0.15) is 82.4 Å². The highest BCUT2D eigenvalue weighted by molar-refractivity contribution is 7.91. The molecule has 44 nitrogen and oxygen atoms in total. The maximum absolute atomic E-state index is 12.5. The zero-order valence-corrected chi connectivity index (χ0v) is 80.2. The number of Topliss-reactive ketones (excluding diaryl/α,β-unsaturated/α-hetero) is 2. The van der Waals surface area contributed by atoms with Gasteiger partial charge in [-0.1, -0.05) is 50.6 Å². The van der Waals surface area contributed by atoms with Crippen molar-refractivity contribution < 1.29 is 145 Å². The van der Waals surface area contributed by atoms with Gasteiger partial charge in [-0.05, 0) is 153 Å². The van der Waals surface area contributed by atoms with Gasteiger partial charge in [0, 0.05) is 99.4 Å². The molecule has 0 fully saturated rings. The molecule has 0 saturated heterocycles. The molecule has 0 atom stereocenters. The first-order valence-electron chi connectivity index (χ1n) is 40.0. The highest BCUT2D eigenvalue weighted by atomic mass is 35.5. The van der Waals surface area contributed by atoms with Gasteiger partial charge in [0.2, 0.25) is 17.8 Å². The third-order valence-corrected chi connectivity index (χ3v) is 23.4. The number of nitrogens with zero attached hydrogens (tertiary/aromatic N) is 10. The Bertz CT molecular complexity index is 7130. The van der Waals surface area contributed by atoms with E-state index in [2.05, 4.69) is 62.6 Å². The second kappa shape index (κ2) is 51.3. The number of carboxylic acid groups (broad SMARTS) is 1. The van der Waals surface area contributed by atoms with E-state index in [1.807, 2.05) is 32.0 Å². The number of carboxylic acids is 1. The van der Waals surface area contributed by atoms with Gasteiger partial charge < -0.3 is 59.2 Å². The van der Waals surface area contributed by atoms with Crippen LogP contribution in [0.4, 0.5) is 84.7 Å². The number of anilines is 8. The number of sulfone groups is 5. The zero-order valence-electron chi connectivity index (χ0n) is 75.3. The molecule has 140 heavy (non-hydrogen) atoms. The highest BCUT2D eigenvalue weighted by Crippen LogP contribution is 2.35. The number of benzene rings is 8. The smallest absolute Gasteiger partial charge is 0.478 e. The number of fused-ring (bicyclic) bond motifs is 5. The normalized spacial score (nSPS) is 11.2. The van der Waals surface area contributed by atoms with Crippen molar-refractivity contribution >= 4 is 210 Å². The highest BCUT2D eigenvalue weighted by Gasteiger charge is 2.33. The molecular formula is C84H89ClF6N16O28S5. The maximum Gasteiger partial charge on any atom is 0.573 e. The largest absolute Gasteiger partial charge is 0.573 e. The number of hydrogen-bond donors (Lipinski definition) is 7. The number of nitrogens with two attached hydrogens (primary N) is 2. The molecule has 9 N–H and O–H groups in total. The minimum Gasteiger partial charge on any atom is -0.478 e. The summed E-state index contributed by atoms with van der Waals surface area (Å²) in [4.78, 5) is 125. The molecule has 0 aliphatic rings. The van der Waals surface area contributed by atoms with Gasteiger partial charge >= 0.3 is 49.2 Å². The number of carbonyl (C=O) groups is 3. The Morgan fingerprint density at radius 2 is 0.786 bits per heavy atom. The topological polar surface area (TPSA) is 655 Å². The molecule has 0 aliphatic heterocycles. The minimum absolute atomic E-state index is 0.00286. The molecule has 0 bridgehead atoms. The van der Waals surface area contributed by atoms with Gasteiger partial charge in [-0.15, -0.1) is 26.3 Å². The van der Waals surface area contributed by atoms with Crippen LogP contribution in [0.2, 0.25) is 5.02 Å². The molecule has 5 heterocycles. The summed E-state index contributed by atoms with van der Waals surface area (Å²) >= 11 is 5.61. The number of imidazole rings is 3. The van der Waals surface area contributed by atoms with Crippen molar-refractivity contribution in [2.24, 2.45) is 0 Å². The van der Waals surface area contributed by atoms with Gasteiger partial charge in [-0.25, -0.2) is 61.8 Å². The van der Waals surface area contributed by atoms with Gasteiger partial charge in [0.05, 0.1) is 88.6 Å². The zero-order chi connectivity index (χ0) is 105. The molecule has 8 aromatic carbocycles. The number of aryl methyl sites for hydroxylation is 6. The molecule has 13 rings (SSSR count). The molecule has 13 aromatic rings. The van der Waals surface area contributed by atoms with Crippen LogP contribution in [0.1, 0.15) is 82.4 Å². The lowest BCUT2D eigenvalue weighted by molar-refractivity contribution is -0.384. The van der Waals surface area contributed by atoms with Crippen LogP contribution < -0.4 is 42.2 Å². The van der Waals surface area contributed by atoms with Crippen LogP contribution in [0, 0.1) is 20.2 Å². The van der Waals surface area contributed by atoms with E-state index in [0.29, 0.717) is 57.5 Å². The number of hydrogen-bond acceptors (Lipinski definition) is 38. The standard InChI is InChI=1S/C20H17F3N4O5S.C19H15F3N4O6S.C12H15N3O3S.C11H16N2O4S.C11H18N2O2S.C8H8ClNO2.3CO2/c1-11(28)12-3-6-16-15(9-12)24-18(27(16)7-8-33(2,29)30)26-19-25-14-5-4-13(10-17(14)31-19)32-20(21,22)23;1-33(29,30)7-6-26-14-5-2-10(16(27)28)8-13(14)23-17(26)25-18-24-12-4-3-11(9-15(12)31-18)32-19(20,21)22;1-8(16)9-3-4-11-10(7-9)14-12(13)15(11)5-6-19(2,17)18;1-3-9-4-5-10(11(8-9)13(14)15)12-6-7-18(2,16)17;1-3-9-4-5-11(10(12)8-9)13-6-7-16(2,14)15;1-2-6-3-4-7(9)8(5-6)10(11)12;3*2-1-3/h3-6,9-10H,7-8H2,1-2H3,(H,24,25,26);2-5,8-9H,6-7H2,1H3,(H,27,28)(H,23,24,25);3-4,7H,5-6H2,1-2H3,(H2,13,14);4-5,8,12H,3,6-7H2,1-2H3;4-5,8,13H,3,6-7,12H2,1-2H3;3-5H,2H2,1H3;;;. The predicted octanol–water partition coefficient (Wildman–Crippen LogP) is 12.5. The van der Waals surface area contributed by atoms with Crippen molar-refractivity contribution in [3.8, 4) is 11.5 Å². The second-order valence-corrected chi connectivity index (χ2v) is 41.1. The van der Waals surface area contributed by atoms with E-state index < -0.39 is 89.2 Å². The summed E-state index contributed by atoms with van der Waals surface area (Å²) in [6.07, 6.45) is -0.836. The fraction of sp³-hybridized carbons (Fsp3) is 0.298. The first-order chi connectivity index (χ1) is 65.2. The Hall–Kier alpha value is -15.1. The van der Waals surface area contributed by atoms with Crippen molar-refractivity contribution in [3.63, 3.8) is 0 Å². The van der Waals surface area contributed by atoms with Crippen LogP contribution in [0.3, 0.4) is 0 Å². The van der Waals surface area contributed by atoms with Crippen LogP contribution >= 0.6 is 11.6 Å².